The number of aryl methyl sites for hydroxylation is 2. The van der Waals surface area contributed by atoms with Crippen LogP contribution in [0.25, 0.3) is 6.08 Å². The van der Waals surface area contributed by atoms with E-state index in [1.807, 2.05) is 50.2 Å². The highest BCUT2D eigenvalue weighted by molar-refractivity contribution is 6.14. The minimum absolute atomic E-state index is 0.253. The van der Waals surface area contributed by atoms with Gasteiger partial charge in [-0.2, -0.15) is 0 Å². The average molecular weight is 378 g/mol. The first kappa shape index (κ1) is 19.7. The van der Waals surface area contributed by atoms with Crippen LogP contribution in [-0.4, -0.2) is 23.9 Å². The quantitative estimate of drug-likeness (QED) is 0.614. The summed E-state index contributed by atoms with van der Waals surface area (Å²) < 4.78 is 5.48. The third-order valence-corrected chi connectivity index (χ3v) is 4.93. The Hall–Kier alpha value is -3.08. The van der Waals surface area contributed by atoms with E-state index in [4.69, 9.17) is 4.74 Å². The molecule has 1 saturated heterocycles. The summed E-state index contributed by atoms with van der Waals surface area (Å²) in [5.41, 5.74) is 5.25. The summed E-state index contributed by atoms with van der Waals surface area (Å²) >= 11 is 0. The van der Waals surface area contributed by atoms with Gasteiger partial charge in [0.1, 0.15) is 11.4 Å². The fraction of sp³-hybridized carbons (Fsp3) is 0.304. The van der Waals surface area contributed by atoms with E-state index in [2.05, 4.69) is 19.2 Å². The van der Waals surface area contributed by atoms with Crippen LogP contribution >= 0.6 is 0 Å². The van der Waals surface area contributed by atoms with Crippen LogP contribution in [0.2, 0.25) is 0 Å². The standard InChI is InChI=1S/C23H26N2O3/c1-14(2)19-11-18(16(4)10-21(19)28-5)12-20-22(26)25(23(27)24-20)13-17-8-6-7-15(3)9-17/h6-12,14H,13H2,1-5H3,(H,24,27). The molecule has 0 unspecified atom stereocenters. The molecule has 1 N–H and O–H groups in total. The predicted octanol–water partition coefficient (Wildman–Crippen LogP) is 4.53. The summed E-state index contributed by atoms with van der Waals surface area (Å²) in [6.07, 6.45) is 1.75. The van der Waals surface area contributed by atoms with Crippen LogP contribution < -0.4 is 10.1 Å². The van der Waals surface area contributed by atoms with Crippen LogP contribution in [0.5, 0.6) is 5.75 Å². The Morgan fingerprint density at radius 1 is 1.14 bits per heavy atom. The van der Waals surface area contributed by atoms with Crippen LogP contribution in [0.15, 0.2) is 42.1 Å². The third-order valence-electron chi connectivity index (χ3n) is 4.93. The van der Waals surface area contributed by atoms with Gasteiger partial charge >= 0.3 is 6.03 Å². The predicted molar refractivity (Wildman–Crippen MR) is 110 cm³/mol. The van der Waals surface area contributed by atoms with Gasteiger partial charge in [-0.05, 0) is 60.2 Å². The summed E-state index contributed by atoms with van der Waals surface area (Å²) in [4.78, 5) is 26.4. The van der Waals surface area contributed by atoms with Crippen molar-refractivity contribution < 1.29 is 14.3 Å². The Morgan fingerprint density at radius 2 is 1.89 bits per heavy atom. The largest absolute Gasteiger partial charge is 0.496 e. The molecule has 2 aromatic rings. The Kier molecular flexibility index (Phi) is 5.54. The molecule has 0 spiro atoms. The second-order valence-corrected chi connectivity index (χ2v) is 7.47. The monoisotopic (exact) mass is 378 g/mol. The first-order valence-electron chi connectivity index (χ1n) is 9.38. The van der Waals surface area contributed by atoms with E-state index in [0.717, 1.165) is 33.6 Å². The molecular formula is C23H26N2O3. The first-order chi connectivity index (χ1) is 13.3. The Labute approximate surface area is 166 Å². The Morgan fingerprint density at radius 3 is 2.54 bits per heavy atom. The number of hydrogen-bond donors (Lipinski definition) is 1. The zero-order valence-corrected chi connectivity index (χ0v) is 17.0. The molecule has 1 fully saturated rings. The van der Waals surface area contributed by atoms with Gasteiger partial charge in [-0.1, -0.05) is 43.7 Å². The highest BCUT2D eigenvalue weighted by Gasteiger charge is 2.33. The number of ether oxygens (including phenoxy) is 1. The van der Waals surface area contributed by atoms with Gasteiger partial charge in [0.25, 0.3) is 5.91 Å². The number of carbonyl (C=O) groups excluding carboxylic acids is 2. The number of rotatable bonds is 5. The molecule has 0 atom stereocenters. The number of carbonyl (C=O) groups is 2. The first-order valence-corrected chi connectivity index (χ1v) is 9.38. The van der Waals surface area contributed by atoms with Gasteiger partial charge in [-0.3, -0.25) is 9.69 Å². The smallest absolute Gasteiger partial charge is 0.329 e. The number of nitrogens with one attached hydrogen (secondary N) is 1. The van der Waals surface area contributed by atoms with Crippen molar-refractivity contribution in [3.63, 3.8) is 0 Å². The lowest BCUT2D eigenvalue weighted by Crippen LogP contribution is -2.30. The summed E-state index contributed by atoms with van der Waals surface area (Å²) in [6, 6.07) is 11.4. The lowest BCUT2D eigenvalue weighted by Gasteiger charge is -2.15. The minimum Gasteiger partial charge on any atom is -0.496 e. The number of amides is 3. The van der Waals surface area contributed by atoms with E-state index in [9.17, 15) is 9.59 Å². The number of imide groups is 1. The second kappa shape index (κ2) is 7.89. The van der Waals surface area contributed by atoms with Crippen molar-refractivity contribution >= 4 is 18.0 Å². The molecule has 1 aliphatic rings. The number of hydrogen-bond acceptors (Lipinski definition) is 3. The number of benzene rings is 2. The Bertz CT molecular complexity index is 960. The van der Waals surface area contributed by atoms with E-state index < -0.39 is 6.03 Å². The molecule has 3 amide bonds. The highest BCUT2D eigenvalue weighted by Crippen LogP contribution is 2.31. The van der Waals surface area contributed by atoms with Crippen molar-refractivity contribution in [1.82, 2.24) is 10.2 Å². The maximum Gasteiger partial charge on any atom is 0.329 e. The van der Waals surface area contributed by atoms with E-state index in [0.29, 0.717) is 5.70 Å². The molecule has 5 heteroatoms. The van der Waals surface area contributed by atoms with Gasteiger partial charge in [-0.15, -0.1) is 0 Å². The summed E-state index contributed by atoms with van der Waals surface area (Å²) in [6.45, 7) is 8.39. The van der Waals surface area contributed by atoms with Crippen LogP contribution in [0.3, 0.4) is 0 Å². The molecule has 146 valence electrons. The molecule has 28 heavy (non-hydrogen) atoms. The highest BCUT2D eigenvalue weighted by atomic mass is 16.5. The second-order valence-electron chi connectivity index (χ2n) is 7.47. The summed E-state index contributed by atoms with van der Waals surface area (Å²) in [5.74, 6) is 0.796. The van der Waals surface area contributed by atoms with E-state index in [1.165, 1.54) is 4.90 Å². The Balaban J connectivity index is 1.90. The molecule has 2 aromatic carbocycles. The van der Waals surface area contributed by atoms with Gasteiger partial charge in [-0.25, -0.2) is 4.79 Å². The molecule has 0 aliphatic carbocycles. The van der Waals surface area contributed by atoms with Gasteiger partial charge in [0.2, 0.25) is 0 Å². The molecule has 0 saturated carbocycles. The van der Waals surface area contributed by atoms with Crippen molar-refractivity contribution in [2.45, 2.75) is 40.2 Å². The normalized spacial score (nSPS) is 15.5. The van der Waals surface area contributed by atoms with E-state index in [1.54, 1.807) is 13.2 Å². The minimum atomic E-state index is -0.395. The molecular weight excluding hydrogens is 352 g/mol. The van der Waals surface area contributed by atoms with Gasteiger partial charge in [0.15, 0.2) is 0 Å². The molecule has 0 bridgehead atoms. The zero-order chi connectivity index (χ0) is 20.4. The SMILES string of the molecule is COc1cc(C)c(C=C2NC(=O)N(Cc3cccc(C)c3)C2=O)cc1C(C)C. The van der Waals surface area contributed by atoms with Crippen LogP contribution in [0, 0.1) is 13.8 Å². The fourth-order valence-corrected chi connectivity index (χ4v) is 3.36. The topological polar surface area (TPSA) is 58.6 Å². The lowest BCUT2D eigenvalue weighted by atomic mass is 9.96. The molecule has 0 radical (unpaired) electrons. The van der Waals surface area contributed by atoms with Crippen LogP contribution in [0.4, 0.5) is 4.79 Å². The van der Waals surface area contributed by atoms with Crippen molar-refractivity contribution in [1.29, 1.82) is 0 Å². The van der Waals surface area contributed by atoms with Gasteiger partial charge in [0, 0.05) is 0 Å². The summed E-state index contributed by atoms with van der Waals surface area (Å²) in [7, 11) is 1.66. The number of urea groups is 1. The van der Waals surface area contributed by atoms with Gasteiger partial charge in [0.05, 0.1) is 13.7 Å². The van der Waals surface area contributed by atoms with Crippen molar-refractivity contribution in [2.75, 3.05) is 7.11 Å². The van der Waals surface area contributed by atoms with Gasteiger partial charge < -0.3 is 10.1 Å². The molecule has 0 aromatic heterocycles. The number of methoxy groups -OCH3 is 1. The maximum atomic E-state index is 12.8. The molecule has 1 heterocycles. The number of nitrogens with zero attached hydrogens (tertiary/aromatic N) is 1. The van der Waals surface area contributed by atoms with Crippen molar-refractivity contribution in [3.05, 3.63) is 69.9 Å². The van der Waals surface area contributed by atoms with E-state index in [-0.39, 0.29) is 18.4 Å². The summed E-state index contributed by atoms with van der Waals surface area (Å²) in [5, 5.41) is 2.71. The molecule has 1 aliphatic heterocycles. The van der Waals surface area contributed by atoms with Crippen molar-refractivity contribution in [3.8, 4) is 5.75 Å². The average Bonchev–Trinajstić information content (AvgIpc) is 2.90. The van der Waals surface area contributed by atoms with Crippen LogP contribution in [-0.2, 0) is 11.3 Å². The third kappa shape index (κ3) is 3.93. The lowest BCUT2D eigenvalue weighted by molar-refractivity contribution is -0.123. The van der Waals surface area contributed by atoms with E-state index >= 15 is 0 Å². The maximum absolute atomic E-state index is 12.8. The fourth-order valence-electron chi connectivity index (χ4n) is 3.36. The van der Waals surface area contributed by atoms with Crippen LogP contribution in [0.1, 0.15) is 47.6 Å². The van der Waals surface area contributed by atoms with Crippen molar-refractivity contribution in [2.24, 2.45) is 0 Å². The zero-order valence-electron chi connectivity index (χ0n) is 17.0. The molecule has 5 nitrogen and oxygen atoms in total. The molecule has 3 rings (SSSR count).